The number of alkyl halides is 8. The summed E-state index contributed by atoms with van der Waals surface area (Å²) in [6, 6.07) is 0. The van der Waals surface area contributed by atoms with E-state index in [0.29, 0.717) is 11.8 Å². The molecule has 0 rings (SSSR count). The molecule has 114 valence electrons. The van der Waals surface area contributed by atoms with E-state index in [1.165, 1.54) is 0 Å². The lowest BCUT2D eigenvalue weighted by molar-refractivity contribution is -0.307. The van der Waals surface area contributed by atoms with E-state index in [1.807, 2.05) is 0 Å². The zero-order valence-electron chi connectivity index (χ0n) is 9.54. The van der Waals surface area contributed by atoms with E-state index in [-0.39, 0.29) is 5.75 Å². The largest absolute Gasteiger partial charge is 0.425 e. The fraction of sp³-hybridized carbons (Fsp3) is 0.889. The molecular formula is C9H10F8OS. The van der Waals surface area contributed by atoms with Crippen LogP contribution in [0.5, 0.6) is 0 Å². The van der Waals surface area contributed by atoms with Gasteiger partial charge in [0.2, 0.25) is 0 Å². The van der Waals surface area contributed by atoms with E-state index >= 15 is 0 Å². The van der Waals surface area contributed by atoms with Gasteiger partial charge >= 0.3 is 18.0 Å². The lowest BCUT2D eigenvalue weighted by atomic mass is 10.0. The van der Waals surface area contributed by atoms with Crippen LogP contribution >= 0.6 is 11.8 Å². The molecular weight excluding hydrogens is 308 g/mol. The second kappa shape index (κ2) is 6.27. The van der Waals surface area contributed by atoms with Gasteiger partial charge in [-0.2, -0.15) is 30.7 Å². The van der Waals surface area contributed by atoms with Gasteiger partial charge in [0.25, 0.3) is 6.17 Å². The van der Waals surface area contributed by atoms with E-state index in [0.717, 1.165) is 6.92 Å². The van der Waals surface area contributed by atoms with Crippen LogP contribution in [0.1, 0.15) is 19.8 Å². The zero-order chi connectivity index (χ0) is 15.5. The molecule has 0 N–H and O–H groups in total. The van der Waals surface area contributed by atoms with Crippen molar-refractivity contribution < 1.29 is 39.9 Å². The molecule has 0 aromatic rings. The lowest BCUT2D eigenvalue weighted by Gasteiger charge is -2.29. The number of hydrogen-bond acceptors (Lipinski definition) is 2. The minimum atomic E-state index is -6.07. The molecule has 0 fully saturated rings. The van der Waals surface area contributed by atoms with Crippen LogP contribution in [0.2, 0.25) is 0 Å². The molecule has 1 unspecified atom stereocenters. The number of carbonyl (C=O) groups excluding carboxylic acids is 1. The molecule has 0 spiro atoms. The first-order valence-electron chi connectivity index (χ1n) is 4.92. The van der Waals surface area contributed by atoms with Crippen LogP contribution < -0.4 is 0 Å². The highest BCUT2D eigenvalue weighted by molar-refractivity contribution is 8.13. The summed E-state index contributed by atoms with van der Waals surface area (Å²) >= 11 is 0.563. The molecule has 10 heteroatoms. The van der Waals surface area contributed by atoms with Gasteiger partial charge in [0.05, 0.1) is 0 Å². The summed E-state index contributed by atoms with van der Waals surface area (Å²) in [7, 11) is 0. The molecule has 0 bridgehead atoms. The van der Waals surface area contributed by atoms with E-state index < -0.39 is 42.1 Å². The van der Waals surface area contributed by atoms with Gasteiger partial charge in [-0.05, 0) is 6.42 Å². The molecule has 0 saturated heterocycles. The third-order valence-electron chi connectivity index (χ3n) is 2.03. The summed E-state index contributed by atoms with van der Waals surface area (Å²) in [5.41, 5.74) is 0. The van der Waals surface area contributed by atoms with Gasteiger partial charge < -0.3 is 0 Å². The van der Waals surface area contributed by atoms with Crippen LogP contribution in [0, 0.1) is 0 Å². The summed E-state index contributed by atoms with van der Waals surface area (Å²) in [5.74, 6) is -11.2. The predicted molar refractivity (Wildman–Crippen MR) is 53.2 cm³/mol. The molecule has 0 aliphatic heterocycles. The molecule has 0 aromatic heterocycles. The maximum absolute atomic E-state index is 12.9. The van der Waals surface area contributed by atoms with Crippen molar-refractivity contribution in [3.63, 3.8) is 0 Å². The molecule has 0 radical (unpaired) electrons. The second-order valence-corrected chi connectivity index (χ2v) is 4.95. The second-order valence-electron chi connectivity index (χ2n) is 3.68. The Bertz CT molecular complexity index is 314. The van der Waals surface area contributed by atoms with Crippen molar-refractivity contribution in [2.24, 2.45) is 0 Å². The minimum absolute atomic E-state index is 0.260. The van der Waals surface area contributed by atoms with Crippen molar-refractivity contribution >= 4 is 16.9 Å². The smallest absolute Gasteiger partial charge is 0.288 e. The van der Waals surface area contributed by atoms with Gasteiger partial charge in [-0.15, -0.1) is 0 Å². The van der Waals surface area contributed by atoms with Crippen molar-refractivity contribution in [2.45, 2.75) is 44.0 Å². The first-order chi connectivity index (χ1) is 8.32. The Morgan fingerprint density at radius 2 is 1.58 bits per heavy atom. The highest BCUT2D eigenvalue weighted by Gasteiger charge is 2.68. The normalized spacial score (nSPS) is 15.4. The summed E-state index contributed by atoms with van der Waals surface area (Å²) in [4.78, 5) is 10.4. The van der Waals surface area contributed by atoms with E-state index in [2.05, 4.69) is 0 Å². The van der Waals surface area contributed by atoms with Crippen LogP contribution in [-0.2, 0) is 4.79 Å². The first-order valence-corrected chi connectivity index (χ1v) is 5.90. The Morgan fingerprint density at radius 3 is 1.95 bits per heavy atom. The quantitative estimate of drug-likeness (QED) is 0.539. The van der Waals surface area contributed by atoms with Gasteiger partial charge in [0.15, 0.2) is 5.12 Å². The van der Waals surface area contributed by atoms with Gasteiger partial charge in [0.1, 0.15) is 0 Å². The maximum Gasteiger partial charge on any atom is 0.425 e. The van der Waals surface area contributed by atoms with Crippen molar-refractivity contribution in [3.05, 3.63) is 0 Å². The highest BCUT2D eigenvalue weighted by Crippen LogP contribution is 2.46. The van der Waals surface area contributed by atoms with Gasteiger partial charge in [-0.3, -0.25) is 4.79 Å². The Hall–Kier alpha value is -0.540. The molecule has 19 heavy (non-hydrogen) atoms. The van der Waals surface area contributed by atoms with Crippen LogP contribution in [0.25, 0.3) is 0 Å². The average Bonchev–Trinajstić information content (AvgIpc) is 2.21. The molecule has 0 amide bonds. The van der Waals surface area contributed by atoms with E-state index in [9.17, 15) is 39.9 Å². The SMILES string of the molecule is CC(=O)SCCCC(F)(F)C(F)(F)C(F)C(F)(F)F. The Balaban J connectivity index is 4.64. The summed E-state index contributed by atoms with van der Waals surface area (Å²) in [5, 5.41) is -0.450. The lowest BCUT2D eigenvalue weighted by Crippen LogP contribution is -2.53. The number of carbonyl (C=O) groups is 1. The fourth-order valence-corrected chi connectivity index (χ4v) is 1.64. The van der Waals surface area contributed by atoms with E-state index in [4.69, 9.17) is 0 Å². The van der Waals surface area contributed by atoms with E-state index in [1.54, 1.807) is 0 Å². The summed E-state index contributed by atoms with van der Waals surface area (Å²) < 4.78 is 99.0. The number of hydrogen-bond donors (Lipinski definition) is 0. The van der Waals surface area contributed by atoms with Crippen molar-refractivity contribution in [2.75, 3.05) is 5.75 Å². The Kier molecular flexibility index (Phi) is 6.10. The molecule has 0 aromatic carbocycles. The van der Waals surface area contributed by atoms with Crippen LogP contribution in [0.3, 0.4) is 0 Å². The monoisotopic (exact) mass is 318 g/mol. The topological polar surface area (TPSA) is 17.1 Å². The maximum atomic E-state index is 12.9. The molecule has 0 heterocycles. The third kappa shape index (κ3) is 5.15. The number of rotatable bonds is 6. The van der Waals surface area contributed by atoms with Gasteiger partial charge in [0, 0.05) is 19.1 Å². The van der Waals surface area contributed by atoms with Gasteiger partial charge in [-0.25, -0.2) is 4.39 Å². The molecule has 0 aliphatic rings. The average molecular weight is 318 g/mol. The standard InChI is InChI=1S/C9H10F8OS/c1-5(18)19-4-2-3-7(11,12)8(13,14)6(10)9(15,16)17/h6H,2-4H2,1H3. The first kappa shape index (κ1) is 18.5. The van der Waals surface area contributed by atoms with Gasteiger partial charge in [-0.1, -0.05) is 11.8 Å². The number of thioether (sulfide) groups is 1. The fourth-order valence-electron chi connectivity index (χ4n) is 1.07. The Morgan fingerprint density at radius 1 is 1.11 bits per heavy atom. The molecule has 0 aliphatic carbocycles. The summed E-state index contributed by atoms with van der Waals surface area (Å²) in [6.45, 7) is 1.11. The molecule has 1 nitrogen and oxygen atoms in total. The van der Waals surface area contributed by atoms with Crippen molar-refractivity contribution in [3.8, 4) is 0 Å². The third-order valence-corrected chi connectivity index (χ3v) is 2.93. The molecule has 1 atom stereocenters. The number of halogens is 8. The van der Waals surface area contributed by atoms with Crippen molar-refractivity contribution in [1.82, 2.24) is 0 Å². The Labute approximate surface area is 107 Å². The minimum Gasteiger partial charge on any atom is -0.288 e. The molecule has 0 saturated carbocycles. The van der Waals surface area contributed by atoms with Crippen molar-refractivity contribution in [1.29, 1.82) is 0 Å². The van der Waals surface area contributed by atoms with Crippen LogP contribution in [-0.4, -0.2) is 35.1 Å². The summed E-state index contributed by atoms with van der Waals surface area (Å²) in [6.07, 6.45) is -13.3. The highest BCUT2D eigenvalue weighted by atomic mass is 32.2. The van der Waals surface area contributed by atoms with Crippen LogP contribution in [0.15, 0.2) is 0 Å². The zero-order valence-corrected chi connectivity index (χ0v) is 10.4. The van der Waals surface area contributed by atoms with Crippen LogP contribution in [0.4, 0.5) is 35.1 Å². The predicted octanol–water partition coefficient (Wildman–Crippen LogP) is 4.22.